The molecule has 0 radical (unpaired) electrons. The molecule has 134 valence electrons. The lowest BCUT2D eigenvalue weighted by atomic mass is 10.1. The Labute approximate surface area is 149 Å². The lowest BCUT2D eigenvalue weighted by molar-refractivity contribution is 0.0938. The number of amides is 1. The standard InChI is InChI=1S/C19H24N2O3S/c1-4-15(3)21-19(22)18-12-17(11-10-14(18)2)25(23,24)20-13-16-8-6-5-7-9-16/h5-12,15,20H,4,13H2,1-3H3,(H,21,22). The summed E-state index contributed by atoms with van der Waals surface area (Å²) in [6, 6.07) is 13.9. The number of carbonyl (C=O) groups excluding carboxylic acids is 1. The van der Waals surface area contributed by atoms with Gasteiger partial charge in [0, 0.05) is 18.2 Å². The van der Waals surface area contributed by atoms with Gasteiger partial charge in [-0.25, -0.2) is 13.1 Å². The summed E-state index contributed by atoms with van der Waals surface area (Å²) >= 11 is 0. The molecule has 0 saturated heterocycles. The Balaban J connectivity index is 2.20. The molecule has 0 aromatic heterocycles. The van der Waals surface area contributed by atoms with Crippen LogP contribution >= 0.6 is 0 Å². The van der Waals surface area contributed by atoms with Crippen LogP contribution in [0.1, 0.15) is 41.8 Å². The van der Waals surface area contributed by atoms with E-state index >= 15 is 0 Å². The van der Waals surface area contributed by atoms with Gasteiger partial charge in [-0.3, -0.25) is 4.79 Å². The minimum Gasteiger partial charge on any atom is -0.350 e. The van der Waals surface area contributed by atoms with Gasteiger partial charge in [0.2, 0.25) is 10.0 Å². The molecule has 0 aliphatic carbocycles. The zero-order valence-corrected chi connectivity index (χ0v) is 15.6. The smallest absolute Gasteiger partial charge is 0.251 e. The minimum absolute atomic E-state index is 0.0309. The van der Waals surface area contributed by atoms with Crippen LogP contribution < -0.4 is 10.0 Å². The Bertz CT molecular complexity index is 833. The minimum atomic E-state index is -3.70. The molecule has 2 N–H and O–H groups in total. The Morgan fingerprint density at radius 2 is 1.80 bits per heavy atom. The summed E-state index contributed by atoms with van der Waals surface area (Å²) in [7, 11) is -3.70. The molecule has 5 nitrogen and oxygen atoms in total. The van der Waals surface area contributed by atoms with Crippen LogP contribution in [0.2, 0.25) is 0 Å². The van der Waals surface area contributed by atoms with Crippen LogP contribution in [-0.4, -0.2) is 20.4 Å². The van der Waals surface area contributed by atoms with E-state index in [-0.39, 0.29) is 23.4 Å². The van der Waals surface area contributed by atoms with Gasteiger partial charge in [0.25, 0.3) is 5.91 Å². The third-order valence-electron chi connectivity index (χ3n) is 4.06. The molecule has 2 aromatic carbocycles. The van der Waals surface area contributed by atoms with Gasteiger partial charge < -0.3 is 5.32 Å². The Hall–Kier alpha value is -2.18. The lowest BCUT2D eigenvalue weighted by Crippen LogP contribution is -2.32. The highest BCUT2D eigenvalue weighted by Crippen LogP contribution is 2.16. The number of benzene rings is 2. The summed E-state index contributed by atoms with van der Waals surface area (Å²) < 4.78 is 27.6. The monoisotopic (exact) mass is 360 g/mol. The predicted molar refractivity (Wildman–Crippen MR) is 98.9 cm³/mol. The molecule has 2 aromatic rings. The van der Waals surface area contributed by atoms with Crippen LogP contribution in [0, 0.1) is 6.92 Å². The number of aryl methyl sites for hydroxylation is 1. The number of carbonyl (C=O) groups is 1. The van der Waals surface area contributed by atoms with Crippen molar-refractivity contribution >= 4 is 15.9 Å². The molecule has 6 heteroatoms. The molecule has 0 bridgehead atoms. The molecule has 0 heterocycles. The van der Waals surface area contributed by atoms with Crippen molar-refractivity contribution in [2.24, 2.45) is 0 Å². The molecule has 0 fully saturated rings. The number of sulfonamides is 1. The summed E-state index contributed by atoms with van der Waals surface area (Å²) in [6.45, 7) is 5.88. The van der Waals surface area contributed by atoms with Crippen molar-refractivity contribution in [3.8, 4) is 0 Å². The molecular weight excluding hydrogens is 336 g/mol. The van der Waals surface area contributed by atoms with E-state index in [4.69, 9.17) is 0 Å². The van der Waals surface area contributed by atoms with E-state index in [0.29, 0.717) is 5.56 Å². The molecule has 1 unspecified atom stereocenters. The number of hydrogen-bond donors (Lipinski definition) is 2. The molecule has 1 amide bonds. The zero-order valence-electron chi connectivity index (χ0n) is 14.7. The first kappa shape index (κ1) is 19.1. The van der Waals surface area contributed by atoms with Gasteiger partial charge in [0.05, 0.1) is 4.90 Å². The average Bonchev–Trinajstić information content (AvgIpc) is 2.61. The second-order valence-corrected chi connectivity index (χ2v) is 7.84. The van der Waals surface area contributed by atoms with Gasteiger partial charge in [0.15, 0.2) is 0 Å². The first-order valence-electron chi connectivity index (χ1n) is 8.28. The van der Waals surface area contributed by atoms with Crippen molar-refractivity contribution in [1.29, 1.82) is 0 Å². The molecule has 2 rings (SSSR count). The first-order valence-corrected chi connectivity index (χ1v) is 9.77. The largest absolute Gasteiger partial charge is 0.350 e. The molecule has 0 saturated carbocycles. The summed E-state index contributed by atoms with van der Waals surface area (Å²) in [5.74, 6) is -0.257. The fraction of sp³-hybridized carbons (Fsp3) is 0.316. The maximum atomic E-state index is 12.5. The van der Waals surface area contributed by atoms with Crippen molar-refractivity contribution in [1.82, 2.24) is 10.0 Å². The molecule has 0 aliphatic heterocycles. The van der Waals surface area contributed by atoms with E-state index in [2.05, 4.69) is 10.0 Å². The normalized spacial score (nSPS) is 12.6. The van der Waals surface area contributed by atoms with Crippen molar-refractivity contribution in [3.63, 3.8) is 0 Å². The third-order valence-corrected chi connectivity index (χ3v) is 5.46. The SMILES string of the molecule is CCC(C)NC(=O)c1cc(S(=O)(=O)NCc2ccccc2)ccc1C. The second-order valence-electron chi connectivity index (χ2n) is 6.07. The van der Waals surface area contributed by atoms with Crippen LogP contribution in [0.5, 0.6) is 0 Å². The predicted octanol–water partition coefficient (Wildman–Crippen LogP) is 3.00. The highest BCUT2D eigenvalue weighted by Gasteiger charge is 2.18. The van der Waals surface area contributed by atoms with Gasteiger partial charge in [-0.15, -0.1) is 0 Å². The quantitative estimate of drug-likeness (QED) is 0.797. The van der Waals surface area contributed by atoms with E-state index in [1.165, 1.54) is 12.1 Å². The van der Waals surface area contributed by atoms with E-state index in [9.17, 15) is 13.2 Å². The fourth-order valence-electron chi connectivity index (χ4n) is 2.27. The van der Waals surface area contributed by atoms with Gasteiger partial charge in [-0.05, 0) is 43.5 Å². The lowest BCUT2D eigenvalue weighted by Gasteiger charge is -2.14. The van der Waals surface area contributed by atoms with Gasteiger partial charge in [-0.2, -0.15) is 0 Å². The maximum Gasteiger partial charge on any atom is 0.251 e. The molecule has 0 aliphatic rings. The average molecular weight is 360 g/mol. The second kappa shape index (κ2) is 8.27. The van der Waals surface area contributed by atoms with E-state index < -0.39 is 10.0 Å². The number of nitrogens with one attached hydrogen (secondary N) is 2. The van der Waals surface area contributed by atoms with E-state index in [1.54, 1.807) is 13.0 Å². The Kier molecular flexibility index (Phi) is 6.33. The summed E-state index contributed by atoms with van der Waals surface area (Å²) in [5.41, 5.74) is 1.98. The molecule has 0 spiro atoms. The highest BCUT2D eigenvalue weighted by atomic mass is 32.2. The summed E-state index contributed by atoms with van der Waals surface area (Å²) in [6.07, 6.45) is 0.807. The van der Waals surface area contributed by atoms with Crippen LogP contribution in [0.4, 0.5) is 0 Å². The number of rotatable bonds is 7. The molecule has 25 heavy (non-hydrogen) atoms. The maximum absolute atomic E-state index is 12.5. The molecule has 1 atom stereocenters. The zero-order chi connectivity index (χ0) is 18.4. The van der Waals surface area contributed by atoms with Crippen LogP contribution in [0.15, 0.2) is 53.4 Å². The van der Waals surface area contributed by atoms with E-state index in [1.807, 2.05) is 44.2 Å². The van der Waals surface area contributed by atoms with Crippen LogP contribution in [0.25, 0.3) is 0 Å². The van der Waals surface area contributed by atoms with Gasteiger partial charge >= 0.3 is 0 Å². The summed E-state index contributed by atoms with van der Waals surface area (Å²) in [5, 5.41) is 2.87. The van der Waals surface area contributed by atoms with E-state index in [0.717, 1.165) is 17.5 Å². The highest BCUT2D eigenvalue weighted by molar-refractivity contribution is 7.89. The van der Waals surface area contributed by atoms with Crippen LogP contribution in [-0.2, 0) is 16.6 Å². The van der Waals surface area contributed by atoms with Crippen molar-refractivity contribution in [2.75, 3.05) is 0 Å². The van der Waals surface area contributed by atoms with Crippen molar-refractivity contribution in [2.45, 2.75) is 44.7 Å². The van der Waals surface area contributed by atoms with Gasteiger partial charge in [0.1, 0.15) is 0 Å². The Morgan fingerprint density at radius 1 is 1.12 bits per heavy atom. The topological polar surface area (TPSA) is 75.3 Å². The van der Waals surface area contributed by atoms with Gasteiger partial charge in [-0.1, -0.05) is 43.3 Å². The summed E-state index contributed by atoms with van der Waals surface area (Å²) in [4.78, 5) is 12.5. The van der Waals surface area contributed by atoms with Crippen LogP contribution in [0.3, 0.4) is 0 Å². The molecular formula is C19H24N2O3S. The Morgan fingerprint density at radius 3 is 2.44 bits per heavy atom. The first-order chi connectivity index (χ1) is 11.8. The third kappa shape index (κ3) is 5.14. The van der Waals surface area contributed by atoms with Crippen molar-refractivity contribution < 1.29 is 13.2 Å². The number of hydrogen-bond acceptors (Lipinski definition) is 3. The fourth-order valence-corrected chi connectivity index (χ4v) is 3.32. The van der Waals surface area contributed by atoms with Crippen molar-refractivity contribution in [3.05, 3.63) is 65.2 Å².